The van der Waals surface area contributed by atoms with Crippen molar-refractivity contribution in [2.24, 2.45) is 4.99 Å². The van der Waals surface area contributed by atoms with E-state index in [1.807, 2.05) is 7.05 Å². The van der Waals surface area contributed by atoms with Crippen LogP contribution in [0, 0.1) is 0 Å². The normalized spacial score (nSPS) is 25.0. The molecule has 0 aromatic carbocycles. The van der Waals surface area contributed by atoms with Crippen LogP contribution in [0.5, 0.6) is 0 Å². The number of methoxy groups -OCH3 is 1. The van der Waals surface area contributed by atoms with Gasteiger partial charge < -0.3 is 15.4 Å². The molecule has 0 spiro atoms. The minimum atomic E-state index is 0.379. The molecule has 0 amide bonds. The zero-order valence-electron chi connectivity index (χ0n) is 11.2. The van der Waals surface area contributed by atoms with Crippen molar-refractivity contribution in [1.29, 1.82) is 0 Å². The van der Waals surface area contributed by atoms with Crippen LogP contribution >= 0.6 is 11.8 Å². The molecule has 17 heavy (non-hydrogen) atoms. The van der Waals surface area contributed by atoms with Crippen LogP contribution in [0.1, 0.15) is 26.2 Å². The summed E-state index contributed by atoms with van der Waals surface area (Å²) in [5.41, 5.74) is 0. The summed E-state index contributed by atoms with van der Waals surface area (Å²) in [5, 5.41) is 6.70. The Balaban J connectivity index is 2.18. The van der Waals surface area contributed by atoms with Crippen molar-refractivity contribution in [2.75, 3.05) is 39.6 Å². The second-order valence-electron chi connectivity index (χ2n) is 4.60. The quantitative estimate of drug-likeness (QED) is 0.431. The Labute approximate surface area is 109 Å². The summed E-state index contributed by atoms with van der Waals surface area (Å²) in [7, 11) is 3.54. The molecule has 1 heterocycles. The van der Waals surface area contributed by atoms with E-state index in [9.17, 15) is 0 Å². The molecular formula is C12H25N3OS. The van der Waals surface area contributed by atoms with E-state index in [1.54, 1.807) is 7.11 Å². The molecule has 0 aromatic heterocycles. The number of thioether (sulfide) groups is 1. The highest BCUT2D eigenvalue weighted by Crippen LogP contribution is 2.36. The Bertz CT molecular complexity index is 240. The Morgan fingerprint density at radius 1 is 1.47 bits per heavy atom. The van der Waals surface area contributed by atoms with Gasteiger partial charge in [-0.3, -0.25) is 4.99 Å². The summed E-state index contributed by atoms with van der Waals surface area (Å²) in [6.07, 6.45) is 3.64. The number of nitrogens with one attached hydrogen (secondary N) is 2. The van der Waals surface area contributed by atoms with Gasteiger partial charge in [-0.05, 0) is 31.9 Å². The topological polar surface area (TPSA) is 45.7 Å². The van der Waals surface area contributed by atoms with Crippen molar-refractivity contribution >= 4 is 17.7 Å². The summed E-state index contributed by atoms with van der Waals surface area (Å²) in [6, 6.07) is 0. The maximum atomic E-state index is 5.01. The third-order valence-electron chi connectivity index (χ3n) is 2.97. The summed E-state index contributed by atoms with van der Waals surface area (Å²) in [6.45, 7) is 5.01. The fourth-order valence-electron chi connectivity index (χ4n) is 1.89. The van der Waals surface area contributed by atoms with Crippen LogP contribution < -0.4 is 10.6 Å². The second kappa shape index (κ2) is 7.82. The first-order valence-electron chi connectivity index (χ1n) is 6.27. The molecule has 0 radical (unpaired) electrons. The van der Waals surface area contributed by atoms with Crippen LogP contribution in [0.3, 0.4) is 0 Å². The van der Waals surface area contributed by atoms with Crippen LogP contribution in [0.4, 0.5) is 0 Å². The monoisotopic (exact) mass is 259 g/mol. The van der Waals surface area contributed by atoms with Gasteiger partial charge in [-0.2, -0.15) is 11.8 Å². The molecule has 1 rings (SSSR count). The number of guanidine groups is 1. The molecule has 0 aliphatic carbocycles. The molecule has 0 saturated carbocycles. The molecule has 1 unspecified atom stereocenters. The molecule has 1 aliphatic rings. The van der Waals surface area contributed by atoms with E-state index in [0.717, 1.165) is 32.1 Å². The molecule has 0 bridgehead atoms. The van der Waals surface area contributed by atoms with Gasteiger partial charge in [0.1, 0.15) is 0 Å². The Kier molecular flexibility index (Phi) is 6.73. The number of aliphatic imine (C=N–C) groups is 1. The molecular weight excluding hydrogens is 234 g/mol. The Morgan fingerprint density at radius 3 is 2.88 bits per heavy atom. The highest BCUT2D eigenvalue weighted by molar-refractivity contribution is 8.00. The standard InChI is InChI=1S/C12H25N3OS/c1-12(6-4-9-17-12)10-15-11(13-2)14-7-5-8-16-3/h4-10H2,1-3H3,(H2,13,14,15). The molecule has 2 N–H and O–H groups in total. The van der Waals surface area contributed by atoms with E-state index in [4.69, 9.17) is 4.74 Å². The van der Waals surface area contributed by atoms with Crippen LogP contribution in [0.2, 0.25) is 0 Å². The molecule has 1 fully saturated rings. The summed E-state index contributed by atoms with van der Waals surface area (Å²) < 4.78 is 5.39. The zero-order valence-corrected chi connectivity index (χ0v) is 12.0. The average Bonchev–Trinajstić information content (AvgIpc) is 2.76. The lowest BCUT2D eigenvalue weighted by Crippen LogP contribution is -2.44. The highest BCUT2D eigenvalue weighted by atomic mass is 32.2. The number of rotatable bonds is 6. The van der Waals surface area contributed by atoms with Crippen LogP contribution in [-0.2, 0) is 4.74 Å². The van der Waals surface area contributed by atoms with E-state index < -0.39 is 0 Å². The minimum absolute atomic E-state index is 0.379. The van der Waals surface area contributed by atoms with E-state index in [1.165, 1.54) is 18.6 Å². The number of nitrogens with zero attached hydrogens (tertiary/aromatic N) is 1. The third kappa shape index (κ3) is 5.64. The van der Waals surface area contributed by atoms with Crippen molar-refractivity contribution < 1.29 is 4.74 Å². The number of ether oxygens (including phenoxy) is 1. The first kappa shape index (κ1) is 14.6. The van der Waals surface area contributed by atoms with Crippen molar-refractivity contribution in [2.45, 2.75) is 30.9 Å². The lowest BCUT2D eigenvalue weighted by molar-refractivity contribution is 0.195. The highest BCUT2D eigenvalue weighted by Gasteiger charge is 2.29. The van der Waals surface area contributed by atoms with Gasteiger partial charge >= 0.3 is 0 Å². The molecule has 100 valence electrons. The van der Waals surface area contributed by atoms with Gasteiger partial charge in [0.2, 0.25) is 0 Å². The van der Waals surface area contributed by atoms with Crippen molar-refractivity contribution in [1.82, 2.24) is 10.6 Å². The molecule has 1 aliphatic heterocycles. The van der Waals surface area contributed by atoms with Crippen molar-refractivity contribution in [3.63, 3.8) is 0 Å². The molecule has 5 heteroatoms. The fraction of sp³-hybridized carbons (Fsp3) is 0.917. The molecule has 1 saturated heterocycles. The third-order valence-corrected chi connectivity index (χ3v) is 4.51. The van der Waals surface area contributed by atoms with E-state index in [2.05, 4.69) is 34.3 Å². The smallest absolute Gasteiger partial charge is 0.191 e. The van der Waals surface area contributed by atoms with Gasteiger partial charge in [0.05, 0.1) is 0 Å². The first-order valence-corrected chi connectivity index (χ1v) is 7.26. The van der Waals surface area contributed by atoms with Gasteiger partial charge in [0.25, 0.3) is 0 Å². The lowest BCUT2D eigenvalue weighted by atomic mass is 10.1. The van der Waals surface area contributed by atoms with Crippen LogP contribution in [0.15, 0.2) is 4.99 Å². The van der Waals surface area contributed by atoms with Gasteiger partial charge in [0.15, 0.2) is 5.96 Å². The predicted octanol–water partition coefficient (Wildman–Crippen LogP) is 1.47. The van der Waals surface area contributed by atoms with Gasteiger partial charge in [-0.25, -0.2) is 0 Å². The Hall–Kier alpha value is -0.420. The molecule has 0 aromatic rings. The maximum Gasteiger partial charge on any atom is 0.191 e. The predicted molar refractivity (Wildman–Crippen MR) is 76.0 cm³/mol. The van der Waals surface area contributed by atoms with Crippen molar-refractivity contribution in [3.8, 4) is 0 Å². The van der Waals surface area contributed by atoms with Crippen molar-refractivity contribution in [3.05, 3.63) is 0 Å². The van der Waals surface area contributed by atoms with E-state index in [0.29, 0.717) is 4.75 Å². The summed E-state index contributed by atoms with van der Waals surface area (Å²) >= 11 is 2.06. The molecule has 4 nitrogen and oxygen atoms in total. The van der Waals surface area contributed by atoms with Crippen LogP contribution in [-0.4, -0.2) is 50.3 Å². The largest absolute Gasteiger partial charge is 0.385 e. The fourth-order valence-corrected chi connectivity index (χ4v) is 3.14. The maximum absolute atomic E-state index is 5.01. The number of hydrogen-bond acceptors (Lipinski definition) is 3. The summed E-state index contributed by atoms with van der Waals surface area (Å²) in [4.78, 5) is 4.22. The van der Waals surface area contributed by atoms with E-state index >= 15 is 0 Å². The summed E-state index contributed by atoms with van der Waals surface area (Å²) in [5.74, 6) is 2.19. The minimum Gasteiger partial charge on any atom is -0.385 e. The first-order chi connectivity index (χ1) is 8.20. The van der Waals surface area contributed by atoms with Gasteiger partial charge in [0, 0.05) is 38.6 Å². The Morgan fingerprint density at radius 2 is 2.29 bits per heavy atom. The lowest BCUT2D eigenvalue weighted by Gasteiger charge is -2.24. The zero-order chi connectivity index (χ0) is 12.6. The van der Waals surface area contributed by atoms with E-state index in [-0.39, 0.29) is 0 Å². The van der Waals surface area contributed by atoms with Crippen LogP contribution in [0.25, 0.3) is 0 Å². The average molecular weight is 259 g/mol. The number of hydrogen-bond donors (Lipinski definition) is 2. The van der Waals surface area contributed by atoms with Gasteiger partial charge in [-0.15, -0.1) is 0 Å². The second-order valence-corrected chi connectivity index (χ2v) is 6.28. The SMILES string of the molecule is CN=C(NCCCOC)NCC1(C)CCCS1. The molecule has 1 atom stereocenters. The van der Waals surface area contributed by atoms with Gasteiger partial charge in [-0.1, -0.05) is 0 Å².